The predicted octanol–water partition coefficient (Wildman–Crippen LogP) is 3.68. The second-order valence-electron chi connectivity index (χ2n) is 5.96. The molecule has 25 heavy (non-hydrogen) atoms. The summed E-state index contributed by atoms with van der Waals surface area (Å²) >= 11 is 5.84. The highest BCUT2D eigenvalue weighted by molar-refractivity contribution is 6.30. The summed E-state index contributed by atoms with van der Waals surface area (Å²) in [7, 11) is 0. The molecular formula is C18H19ClN2O4. The number of aryl methyl sites for hydroxylation is 1. The maximum atomic E-state index is 12.3. The van der Waals surface area contributed by atoms with Crippen molar-refractivity contribution in [1.29, 1.82) is 0 Å². The first kappa shape index (κ1) is 17.4. The van der Waals surface area contributed by atoms with Gasteiger partial charge in [-0.05, 0) is 31.2 Å². The van der Waals surface area contributed by atoms with Gasteiger partial charge in [0.05, 0.1) is 6.07 Å². The molecule has 1 aromatic carbocycles. The third-order valence-electron chi connectivity index (χ3n) is 3.99. The topological polar surface area (TPSA) is 71.8 Å². The molecule has 1 aromatic heterocycles. The summed E-state index contributed by atoms with van der Waals surface area (Å²) in [4.78, 5) is 25.4. The smallest absolute Gasteiger partial charge is 0.339 e. The number of benzene rings is 1. The number of carbonyl (C=O) groups is 1. The Bertz CT molecular complexity index is 795. The summed E-state index contributed by atoms with van der Waals surface area (Å²) < 4.78 is 10.8. The molecule has 3 rings (SSSR count). The fourth-order valence-corrected chi connectivity index (χ4v) is 2.87. The molecule has 1 saturated heterocycles. The zero-order chi connectivity index (χ0) is 17.8. The minimum absolute atomic E-state index is 0.0271. The number of rotatable bonds is 3. The monoisotopic (exact) mass is 362 g/mol. The van der Waals surface area contributed by atoms with Crippen LogP contribution in [0.2, 0.25) is 5.02 Å². The lowest BCUT2D eigenvalue weighted by atomic mass is 10.1. The number of amides is 2. The summed E-state index contributed by atoms with van der Waals surface area (Å²) in [5.41, 5.74) is 0.286. The number of hydrogen-bond donors (Lipinski definition) is 1. The SMILES string of the molecule is Cc1cc(OC2CCN(C(=O)Nc3ccc(Cl)cc3)CC2)cc(=O)o1. The van der Waals surface area contributed by atoms with Crippen molar-refractivity contribution in [2.75, 3.05) is 18.4 Å². The Balaban J connectivity index is 1.51. The van der Waals surface area contributed by atoms with Gasteiger partial charge >= 0.3 is 11.7 Å². The lowest BCUT2D eigenvalue weighted by molar-refractivity contribution is 0.115. The Morgan fingerprint density at radius 2 is 1.92 bits per heavy atom. The van der Waals surface area contributed by atoms with Gasteiger partial charge in [-0.25, -0.2) is 9.59 Å². The number of halogens is 1. The Morgan fingerprint density at radius 3 is 2.56 bits per heavy atom. The van der Waals surface area contributed by atoms with Gasteiger partial charge in [0.25, 0.3) is 0 Å². The summed E-state index contributed by atoms with van der Waals surface area (Å²) in [5.74, 6) is 1.03. The second-order valence-corrected chi connectivity index (χ2v) is 6.40. The van der Waals surface area contributed by atoms with Crippen LogP contribution in [0.5, 0.6) is 5.75 Å². The number of likely N-dealkylation sites (tertiary alicyclic amines) is 1. The molecule has 1 fully saturated rings. The van der Waals surface area contributed by atoms with Gasteiger partial charge in [0.15, 0.2) is 0 Å². The van der Waals surface area contributed by atoms with Crippen LogP contribution in [-0.4, -0.2) is 30.1 Å². The summed E-state index contributed by atoms with van der Waals surface area (Å²) in [6.07, 6.45) is 1.38. The molecule has 6 nitrogen and oxygen atoms in total. The second kappa shape index (κ2) is 7.61. The quantitative estimate of drug-likeness (QED) is 0.904. The van der Waals surface area contributed by atoms with Gasteiger partial charge in [-0.1, -0.05) is 11.6 Å². The zero-order valence-corrected chi connectivity index (χ0v) is 14.6. The standard InChI is InChI=1S/C18H19ClN2O4/c1-12-10-16(11-17(22)24-12)25-15-6-8-21(9-7-15)18(23)20-14-4-2-13(19)3-5-14/h2-5,10-11,15H,6-9H2,1H3,(H,20,23). The van der Waals surface area contributed by atoms with Gasteiger partial charge < -0.3 is 19.4 Å². The molecule has 0 radical (unpaired) electrons. The van der Waals surface area contributed by atoms with E-state index in [4.69, 9.17) is 20.8 Å². The van der Waals surface area contributed by atoms with Crippen LogP contribution in [0.15, 0.2) is 45.6 Å². The first-order valence-corrected chi connectivity index (χ1v) is 8.47. The van der Waals surface area contributed by atoms with Crippen molar-refractivity contribution in [1.82, 2.24) is 4.90 Å². The van der Waals surface area contributed by atoms with Crippen LogP contribution in [-0.2, 0) is 0 Å². The molecule has 0 saturated carbocycles. The molecule has 0 unspecified atom stereocenters. The number of anilines is 1. The average Bonchev–Trinajstić information content (AvgIpc) is 2.56. The minimum atomic E-state index is -0.422. The van der Waals surface area contributed by atoms with E-state index in [1.54, 1.807) is 42.2 Å². The van der Waals surface area contributed by atoms with Crippen molar-refractivity contribution in [3.05, 3.63) is 57.6 Å². The zero-order valence-electron chi connectivity index (χ0n) is 13.8. The maximum absolute atomic E-state index is 12.3. The van der Waals surface area contributed by atoms with Crippen molar-refractivity contribution in [3.63, 3.8) is 0 Å². The van der Waals surface area contributed by atoms with E-state index >= 15 is 0 Å². The third-order valence-corrected chi connectivity index (χ3v) is 4.25. The van der Waals surface area contributed by atoms with Gasteiger partial charge in [-0.3, -0.25) is 0 Å². The Kier molecular flexibility index (Phi) is 5.28. The van der Waals surface area contributed by atoms with Crippen molar-refractivity contribution >= 4 is 23.3 Å². The van der Waals surface area contributed by atoms with Gasteiger partial charge in [-0.2, -0.15) is 0 Å². The number of piperidine rings is 1. The molecule has 2 amide bonds. The normalized spacial score (nSPS) is 15.0. The summed E-state index contributed by atoms with van der Waals surface area (Å²) in [6, 6.07) is 9.88. The van der Waals surface area contributed by atoms with Crippen LogP contribution in [0, 0.1) is 6.92 Å². The average molecular weight is 363 g/mol. The minimum Gasteiger partial charge on any atom is -0.490 e. The van der Waals surface area contributed by atoms with E-state index in [1.165, 1.54) is 6.07 Å². The van der Waals surface area contributed by atoms with Crippen LogP contribution in [0.3, 0.4) is 0 Å². The first-order chi connectivity index (χ1) is 12.0. The first-order valence-electron chi connectivity index (χ1n) is 8.09. The highest BCUT2D eigenvalue weighted by Gasteiger charge is 2.24. The van der Waals surface area contributed by atoms with Crippen LogP contribution >= 0.6 is 11.6 Å². The summed E-state index contributed by atoms with van der Waals surface area (Å²) in [6.45, 7) is 2.88. The van der Waals surface area contributed by atoms with Gasteiger partial charge in [0.2, 0.25) is 0 Å². The van der Waals surface area contributed by atoms with Crippen molar-refractivity contribution in [2.45, 2.75) is 25.9 Å². The largest absolute Gasteiger partial charge is 0.490 e. The molecule has 7 heteroatoms. The fraction of sp³-hybridized carbons (Fsp3) is 0.333. The number of nitrogens with zero attached hydrogens (tertiary/aromatic N) is 1. The third kappa shape index (κ3) is 4.76. The number of nitrogens with one attached hydrogen (secondary N) is 1. The highest BCUT2D eigenvalue weighted by atomic mass is 35.5. The number of ether oxygens (including phenoxy) is 1. The molecule has 0 bridgehead atoms. The maximum Gasteiger partial charge on any atom is 0.339 e. The van der Waals surface area contributed by atoms with Crippen LogP contribution < -0.4 is 15.7 Å². The van der Waals surface area contributed by atoms with E-state index in [0.29, 0.717) is 48.2 Å². The Labute approximate surface area is 150 Å². The Hall–Kier alpha value is -2.47. The molecule has 2 aromatic rings. The van der Waals surface area contributed by atoms with Crippen molar-refractivity contribution in [3.8, 4) is 5.75 Å². The number of urea groups is 1. The van der Waals surface area contributed by atoms with E-state index in [9.17, 15) is 9.59 Å². The van der Waals surface area contributed by atoms with Crippen LogP contribution in [0.25, 0.3) is 0 Å². The molecule has 1 N–H and O–H groups in total. The molecule has 1 aliphatic heterocycles. The van der Waals surface area contributed by atoms with E-state index in [1.807, 2.05) is 0 Å². The molecule has 2 heterocycles. The number of hydrogen-bond acceptors (Lipinski definition) is 4. The molecular weight excluding hydrogens is 344 g/mol. The molecule has 0 aliphatic carbocycles. The van der Waals surface area contributed by atoms with E-state index < -0.39 is 5.63 Å². The number of carbonyl (C=O) groups excluding carboxylic acids is 1. The van der Waals surface area contributed by atoms with Crippen LogP contribution in [0.1, 0.15) is 18.6 Å². The van der Waals surface area contributed by atoms with Gasteiger partial charge in [0.1, 0.15) is 17.6 Å². The lowest BCUT2D eigenvalue weighted by Gasteiger charge is -2.32. The van der Waals surface area contributed by atoms with E-state index in [-0.39, 0.29) is 12.1 Å². The van der Waals surface area contributed by atoms with Gasteiger partial charge in [0, 0.05) is 42.7 Å². The van der Waals surface area contributed by atoms with Crippen molar-refractivity contribution < 1.29 is 13.9 Å². The van der Waals surface area contributed by atoms with E-state index in [0.717, 1.165) is 0 Å². The highest BCUT2D eigenvalue weighted by Crippen LogP contribution is 2.20. The van der Waals surface area contributed by atoms with E-state index in [2.05, 4.69) is 5.32 Å². The Morgan fingerprint density at radius 1 is 1.24 bits per heavy atom. The van der Waals surface area contributed by atoms with Gasteiger partial charge in [-0.15, -0.1) is 0 Å². The molecule has 132 valence electrons. The summed E-state index contributed by atoms with van der Waals surface area (Å²) in [5, 5.41) is 3.48. The molecule has 1 aliphatic rings. The fourth-order valence-electron chi connectivity index (χ4n) is 2.75. The molecule has 0 atom stereocenters. The van der Waals surface area contributed by atoms with Crippen LogP contribution in [0.4, 0.5) is 10.5 Å². The molecule has 0 spiro atoms. The lowest BCUT2D eigenvalue weighted by Crippen LogP contribution is -2.43. The van der Waals surface area contributed by atoms with Crippen molar-refractivity contribution in [2.24, 2.45) is 0 Å². The predicted molar refractivity (Wildman–Crippen MR) is 95.4 cm³/mol.